The van der Waals surface area contributed by atoms with Crippen LogP contribution in [0.1, 0.15) is 31.1 Å². The van der Waals surface area contributed by atoms with Crippen LogP contribution >= 0.6 is 0 Å². The normalized spacial score (nSPS) is 10.8. The van der Waals surface area contributed by atoms with E-state index in [2.05, 4.69) is 25.9 Å². The molecular formula is C22H23N5O3. The monoisotopic (exact) mass is 405 g/mol. The fourth-order valence-corrected chi connectivity index (χ4v) is 2.45. The van der Waals surface area contributed by atoms with Crippen molar-refractivity contribution < 1.29 is 14.3 Å². The molecule has 2 amide bonds. The number of benzene rings is 1. The molecule has 0 bridgehead atoms. The Morgan fingerprint density at radius 1 is 0.833 bits per heavy atom. The Hall–Kier alpha value is -3.94. The summed E-state index contributed by atoms with van der Waals surface area (Å²) in [5.41, 5.74) is 2.22. The van der Waals surface area contributed by atoms with Crippen LogP contribution in [0.3, 0.4) is 0 Å². The molecule has 3 rings (SSSR count). The van der Waals surface area contributed by atoms with Gasteiger partial charge in [0.15, 0.2) is 0 Å². The van der Waals surface area contributed by atoms with Crippen LogP contribution in [0.2, 0.25) is 0 Å². The summed E-state index contributed by atoms with van der Waals surface area (Å²) < 4.78 is 5.17. The second-order valence-electron chi connectivity index (χ2n) is 7.45. The van der Waals surface area contributed by atoms with E-state index in [0.29, 0.717) is 17.1 Å². The van der Waals surface area contributed by atoms with Crippen LogP contribution in [-0.4, -0.2) is 27.6 Å². The van der Waals surface area contributed by atoms with Crippen LogP contribution in [0, 0.1) is 0 Å². The summed E-state index contributed by atoms with van der Waals surface area (Å²) in [4.78, 5) is 32.3. The van der Waals surface area contributed by atoms with Gasteiger partial charge >= 0.3 is 6.09 Å². The zero-order chi connectivity index (χ0) is 21.6. The maximum Gasteiger partial charge on any atom is 0.413 e. The summed E-state index contributed by atoms with van der Waals surface area (Å²) >= 11 is 0. The van der Waals surface area contributed by atoms with E-state index in [4.69, 9.17) is 4.74 Å². The third kappa shape index (κ3) is 6.30. The zero-order valence-electron chi connectivity index (χ0n) is 17.0. The van der Waals surface area contributed by atoms with Gasteiger partial charge in [0.05, 0.1) is 5.56 Å². The van der Waals surface area contributed by atoms with E-state index >= 15 is 0 Å². The lowest BCUT2D eigenvalue weighted by molar-refractivity contribution is 0.0635. The fourth-order valence-electron chi connectivity index (χ4n) is 2.45. The van der Waals surface area contributed by atoms with Crippen molar-refractivity contribution in [1.29, 1.82) is 0 Å². The molecule has 3 aromatic rings. The summed E-state index contributed by atoms with van der Waals surface area (Å²) in [5, 5.41) is 8.58. The van der Waals surface area contributed by atoms with Crippen molar-refractivity contribution in [1.82, 2.24) is 9.97 Å². The van der Waals surface area contributed by atoms with Gasteiger partial charge in [-0.3, -0.25) is 15.1 Å². The largest absolute Gasteiger partial charge is 0.444 e. The minimum atomic E-state index is -0.604. The quantitative estimate of drug-likeness (QED) is 0.562. The predicted octanol–water partition coefficient (Wildman–Crippen LogP) is 4.82. The first kappa shape index (κ1) is 20.8. The number of pyridine rings is 2. The van der Waals surface area contributed by atoms with Gasteiger partial charge in [0.25, 0.3) is 5.91 Å². The molecule has 154 valence electrons. The first-order chi connectivity index (χ1) is 14.3. The number of nitrogens with one attached hydrogen (secondary N) is 3. The van der Waals surface area contributed by atoms with Gasteiger partial charge in [-0.1, -0.05) is 0 Å². The summed E-state index contributed by atoms with van der Waals surface area (Å²) in [6.45, 7) is 5.32. The van der Waals surface area contributed by atoms with Crippen LogP contribution in [0.25, 0.3) is 0 Å². The Morgan fingerprint density at radius 3 is 2.07 bits per heavy atom. The lowest BCUT2D eigenvalue weighted by Gasteiger charge is -2.19. The van der Waals surface area contributed by atoms with Gasteiger partial charge in [0.2, 0.25) is 0 Å². The first-order valence-corrected chi connectivity index (χ1v) is 9.33. The van der Waals surface area contributed by atoms with Gasteiger partial charge in [-0.25, -0.2) is 9.78 Å². The van der Waals surface area contributed by atoms with Crippen molar-refractivity contribution in [2.75, 3.05) is 16.0 Å². The minimum absolute atomic E-state index is 0.298. The summed E-state index contributed by atoms with van der Waals surface area (Å²) in [7, 11) is 0. The maximum absolute atomic E-state index is 12.4. The molecule has 30 heavy (non-hydrogen) atoms. The smallest absolute Gasteiger partial charge is 0.413 e. The van der Waals surface area contributed by atoms with Crippen molar-refractivity contribution in [3.8, 4) is 0 Å². The lowest BCUT2D eigenvalue weighted by atomic mass is 10.2. The van der Waals surface area contributed by atoms with Crippen LogP contribution in [-0.2, 0) is 4.74 Å². The molecule has 2 heterocycles. The molecule has 0 spiro atoms. The minimum Gasteiger partial charge on any atom is -0.444 e. The molecule has 3 N–H and O–H groups in total. The van der Waals surface area contributed by atoms with Crippen molar-refractivity contribution in [2.45, 2.75) is 26.4 Å². The third-order valence-corrected chi connectivity index (χ3v) is 3.77. The molecule has 0 unspecified atom stereocenters. The highest BCUT2D eigenvalue weighted by Crippen LogP contribution is 2.19. The number of carbonyl (C=O) groups excluding carboxylic acids is 2. The highest BCUT2D eigenvalue weighted by Gasteiger charge is 2.16. The van der Waals surface area contributed by atoms with Gasteiger partial charge in [0.1, 0.15) is 11.4 Å². The topological polar surface area (TPSA) is 105 Å². The number of anilines is 4. The average molecular weight is 405 g/mol. The average Bonchev–Trinajstić information content (AvgIpc) is 2.69. The van der Waals surface area contributed by atoms with Gasteiger partial charge in [-0.15, -0.1) is 0 Å². The molecule has 0 saturated heterocycles. The van der Waals surface area contributed by atoms with Gasteiger partial charge < -0.3 is 15.4 Å². The number of amides is 2. The summed E-state index contributed by atoms with van der Waals surface area (Å²) in [5.74, 6) is -0.00602. The first-order valence-electron chi connectivity index (χ1n) is 9.33. The Bertz CT molecular complexity index is 998. The Morgan fingerprint density at radius 2 is 1.47 bits per heavy atom. The number of hydrogen-bond donors (Lipinski definition) is 3. The SMILES string of the molecule is CC(C)(C)OC(=O)Nc1ccc(C(=O)Nc2ccc(Nc3ccncc3)cc2)cn1. The van der Waals surface area contributed by atoms with Crippen LogP contribution in [0.15, 0.2) is 67.1 Å². The molecule has 1 aromatic carbocycles. The van der Waals surface area contributed by atoms with E-state index in [-0.39, 0.29) is 5.91 Å². The second-order valence-corrected chi connectivity index (χ2v) is 7.45. The van der Waals surface area contributed by atoms with Crippen molar-refractivity contribution >= 4 is 34.9 Å². The number of hydrogen-bond acceptors (Lipinski definition) is 6. The summed E-state index contributed by atoms with van der Waals surface area (Å²) in [6.07, 6.45) is 4.20. The number of aromatic nitrogens is 2. The molecule has 8 nitrogen and oxygen atoms in total. The van der Waals surface area contributed by atoms with E-state index in [0.717, 1.165) is 11.4 Å². The molecule has 0 radical (unpaired) electrons. The van der Waals surface area contributed by atoms with Crippen LogP contribution in [0.5, 0.6) is 0 Å². The highest BCUT2D eigenvalue weighted by molar-refractivity contribution is 6.04. The van der Waals surface area contributed by atoms with E-state index < -0.39 is 11.7 Å². The van der Waals surface area contributed by atoms with Crippen LogP contribution < -0.4 is 16.0 Å². The molecule has 0 aliphatic carbocycles. The highest BCUT2D eigenvalue weighted by atomic mass is 16.6. The molecule has 0 fully saturated rings. The number of carbonyl (C=O) groups is 2. The second kappa shape index (κ2) is 9.04. The summed E-state index contributed by atoms with van der Waals surface area (Å²) in [6, 6.07) is 14.2. The Kier molecular flexibility index (Phi) is 6.26. The van der Waals surface area contributed by atoms with Gasteiger partial charge in [-0.05, 0) is 69.3 Å². The molecule has 0 saturated carbocycles. The van der Waals surface area contributed by atoms with Gasteiger partial charge in [0, 0.05) is 35.7 Å². The Balaban J connectivity index is 1.56. The van der Waals surface area contributed by atoms with Crippen LogP contribution in [0.4, 0.5) is 27.7 Å². The predicted molar refractivity (Wildman–Crippen MR) is 116 cm³/mol. The number of ether oxygens (including phenoxy) is 1. The van der Waals surface area contributed by atoms with Crippen molar-refractivity contribution in [3.05, 3.63) is 72.7 Å². The molecule has 0 aliphatic heterocycles. The molecule has 0 atom stereocenters. The fraction of sp³-hybridized carbons (Fsp3) is 0.182. The van der Waals surface area contributed by atoms with Crippen molar-refractivity contribution in [2.24, 2.45) is 0 Å². The molecule has 8 heteroatoms. The van der Waals surface area contributed by atoms with Crippen molar-refractivity contribution in [3.63, 3.8) is 0 Å². The third-order valence-electron chi connectivity index (χ3n) is 3.77. The van der Waals surface area contributed by atoms with E-state index in [1.54, 1.807) is 57.4 Å². The van der Waals surface area contributed by atoms with Gasteiger partial charge in [-0.2, -0.15) is 0 Å². The molecule has 0 aliphatic rings. The standard InChI is InChI=1S/C22H23N5O3/c1-22(2,3)30-21(29)27-19-9-4-15(14-24-19)20(28)26-17-7-5-16(6-8-17)25-18-10-12-23-13-11-18/h4-14H,1-3H3,(H,23,25)(H,26,28)(H,24,27,29). The number of nitrogens with zero attached hydrogens (tertiary/aromatic N) is 2. The lowest BCUT2D eigenvalue weighted by Crippen LogP contribution is -2.27. The maximum atomic E-state index is 12.4. The van der Waals surface area contributed by atoms with E-state index in [9.17, 15) is 9.59 Å². The zero-order valence-corrected chi connectivity index (χ0v) is 17.0. The van der Waals surface area contributed by atoms with E-state index in [1.165, 1.54) is 6.20 Å². The molecule has 2 aromatic heterocycles. The van der Waals surface area contributed by atoms with E-state index in [1.807, 2.05) is 24.3 Å². The number of rotatable bonds is 5. The Labute approximate surface area is 174 Å². The molecular weight excluding hydrogens is 382 g/mol.